The molecule has 1 amide bonds. The lowest BCUT2D eigenvalue weighted by Crippen LogP contribution is -2.15. The lowest BCUT2D eigenvalue weighted by atomic mass is 10.1. The minimum atomic E-state index is -0.323. The topological polar surface area (TPSA) is 87.0 Å². The Bertz CT molecular complexity index is 1240. The Morgan fingerprint density at radius 2 is 1.71 bits per heavy atom. The van der Waals surface area contributed by atoms with E-state index >= 15 is 0 Å². The third kappa shape index (κ3) is 3.87. The molecule has 0 bridgehead atoms. The first-order valence-electron chi connectivity index (χ1n) is 9.58. The lowest BCUT2D eigenvalue weighted by Gasteiger charge is -2.14. The SMILES string of the molecule is COc1ccc2nc(-c3ccc(C)c(NC(=O)c4c(OC)cccc4OC)c3)cn2n1. The largest absolute Gasteiger partial charge is 0.496 e. The van der Waals surface area contributed by atoms with Gasteiger partial charge in [0.05, 0.1) is 33.2 Å². The van der Waals surface area contributed by atoms with Crippen molar-refractivity contribution in [3.8, 4) is 28.6 Å². The summed E-state index contributed by atoms with van der Waals surface area (Å²) in [5, 5.41) is 7.31. The van der Waals surface area contributed by atoms with Gasteiger partial charge < -0.3 is 19.5 Å². The van der Waals surface area contributed by atoms with E-state index in [1.807, 2.05) is 37.4 Å². The van der Waals surface area contributed by atoms with Crippen molar-refractivity contribution in [3.63, 3.8) is 0 Å². The number of hydrogen-bond acceptors (Lipinski definition) is 6. The van der Waals surface area contributed by atoms with Crippen LogP contribution in [0.1, 0.15) is 15.9 Å². The lowest BCUT2D eigenvalue weighted by molar-refractivity contribution is 0.102. The van der Waals surface area contributed by atoms with E-state index in [2.05, 4.69) is 15.4 Å². The number of nitrogens with zero attached hydrogens (tertiary/aromatic N) is 3. The first kappa shape index (κ1) is 20.2. The van der Waals surface area contributed by atoms with Crippen molar-refractivity contribution < 1.29 is 19.0 Å². The van der Waals surface area contributed by atoms with Gasteiger partial charge in [-0.15, -0.1) is 5.10 Å². The molecule has 1 N–H and O–H groups in total. The maximum absolute atomic E-state index is 13.1. The second kappa shape index (κ2) is 8.35. The van der Waals surface area contributed by atoms with Crippen molar-refractivity contribution >= 4 is 17.2 Å². The molecule has 0 aliphatic carbocycles. The molecule has 2 aromatic carbocycles. The van der Waals surface area contributed by atoms with Crippen molar-refractivity contribution in [2.24, 2.45) is 0 Å². The normalized spacial score (nSPS) is 10.7. The van der Waals surface area contributed by atoms with Crippen molar-refractivity contribution in [3.05, 3.63) is 65.9 Å². The summed E-state index contributed by atoms with van der Waals surface area (Å²) in [5.74, 6) is 1.05. The van der Waals surface area contributed by atoms with Crippen molar-refractivity contribution in [2.75, 3.05) is 26.6 Å². The summed E-state index contributed by atoms with van der Waals surface area (Å²) in [5.41, 5.74) is 4.18. The van der Waals surface area contributed by atoms with Gasteiger partial charge in [0.1, 0.15) is 17.1 Å². The fourth-order valence-electron chi connectivity index (χ4n) is 3.29. The molecule has 0 atom stereocenters. The number of anilines is 1. The molecule has 4 rings (SSSR count). The number of carbonyl (C=O) groups excluding carboxylic acids is 1. The zero-order chi connectivity index (χ0) is 22.0. The molecular formula is C23H22N4O4. The number of methoxy groups -OCH3 is 3. The summed E-state index contributed by atoms with van der Waals surface area (Å²) in [4.78, 5) is 17.7. The van der Waals surface area contributed by atoms with Gasteiger partial charge in [0, 0.05) is 17.3 Å². The van der Waals surface area contributed by atoms with Crippen LogP contribution in [0.2, 0.25) is 0 Å². The monoisotopic (exact) mass is 418 g/mol. The number of hydrogen-bond donors (Lipinski definition) is 1. The highest BCUT2D eigenvalue weighted by Gasteiger charge is 2.19. The number of ether oxygens (including phenoxy) is 3. The van der Waals surface area contributed by atoms with Crippen molar-refractivity contribution in [2.45, 2.75) is 6.92 Å². The number of aryl methyl sites for hydroxylation is 1. The van der Waals surface area contributed by atoms with Crippen LogP contribution >= 0.6 is 0 Å². The summed E-state index contributed by atoms with van der Waals surface area (Å²) < 4.78 is 17.5. The Hall–Kier alpha value is -4.07. The number of nitrogens with one attached hydrogen (secondary N) is 1. The molecule has 0 spiro atoms. The molecule has 0 aliphatic rings. The molecule has 0 saturated heterocycles. The molecule has 0 unspecified atom stereocenters. The molecule has 8 heteroatoms. The summed E-state index contributed by atoms with van der Waals surface area (Å²) in [6, 6.07) is 14.6. The Morgan fingerprint density at radius 1 is 0.968 bits per heavy atom. The molecule has 4 aromatic rings. The van der Waals surface area contributed by atoms with Gasteiger partial charge in [0.15, 0.2) is 5.65 Å². The van der Waals surface area contributed by atoms with E-state index in [0.29, 0.717) is 34.3 Å². The summed E-state index contributed by atoms with van der Waals surface area (Å²) in [7, 11) is 4.60. The average molecular weight is 418 g/mol. The Labute approximate surface area is 179 Å². The van der Waals surface area contributed by atoms with Crippen LogP contribution in [0.3, 0.4) is 0 Å². The predicted molar refractivity (Wildman–Crippen MR) is 117 cm³/mol. The minimum Gasteiger partial charge on any atom is -0.496 e. The Kier molecular flexibility index (Phi) is 5.44. The minimum absolute atomic E-state index is 0.323. The van der Waals surface area contributed by atoms with E-state index < -0.39 is 0 Å². The van der Waals surface area contributed by atoms with E-state index in [9.17, 15) is 4.79 Å². The number of carbonyl (C=O) groups is 1. The Balaban J connectivity index is 1.69. The molecule has 0 fully saturated rings. The van der Waals surface area contributed by atoms with Crippen LogP contribution in [0.15, 0.2) is 54.7 Å². The highest BCUT2D eigenvalue weighted by Crippen LogP contribution is 2.31. The zero-order valence-electron chi connectivity index (χ0n) is 17.7. The number of rotatable bonds is 6. The second-order valence-electron chi connectivity index (χ2n) is 6.83. The first-order valence-corrected chi connectivity index (χ1v) is 9.58. The molecule has 0 saturated carbocycles. The van der Waals surface area contributed by atoms with Crippen LogP contribution < -0.4 is 19.5 Å². The zero-order valence-corrected chi connectivity index (χ0v) is 17.7. The average Bonchev–Trinajstić information content (AvgIpc) is 3.23. The molecule has 0 aliphatic heterocycles. The number of benzene rings is 2. The standard InChI is InChI=1S/C23H22N4O4/c1-14-8-9-15(17-13-27-20(24-17)10-11-21(26-27)31-4)12-16(14)25-23(28)22-18(29-2)6-5-7-19(22)30-3/h5-13H,1-4H3,(H,25,28). The molecule has 2 aromatic heterocycles. The number of imidazole rings is 1. The van der Waals surface area contributed by atoms with Gasteiger partial charge >= 0.3 is 0 Å². The molecule has 158 valence electrons. The quantitative estimate of drug-likeness (QED) is 0.510. The second-order valence-corrected chi connectivity index (χ2v) is 6.83. The smallest absolute Gasteiger partial charge is 0.263 e. The van der Waals surface area contributed by atoms with Gasteiger partial charge in [-0.3, -0.25) is 4.79 Å². The van der Waals surface area contributed by atoms with E-state index in [1.165, 1.54) is 14.2 Å². The maximum Gasteiger partial charge on any atom is 0.263 e. The van der Waals surface area contributed by atoms with Gasteiger partial charge in [-0.25, -0.2) is 9.50 Å². The van der Waals surface area contributed by atoms with Crippen LogP contribution in [-0.2, 0) is 0 Å². The highest BCUT2D eigenvalue weighted by molar-refractivity contribution is 6.08. The van der Waals surface area contributed by atoms with E-state index in [-0.39, 0.29) is 5.91 Å². The molecule has 0 radical (unpaired) electrons. The predicted octanol–water partition coefficient (Wildman–Crippen LogP) is 3.98. The van der Waals surface area contributed by atoms with Gasteiger partial charge in [0.25, 0.3) is 5.91 Å². The molecular weight excluding hydrogens is 396 g/mol. The van der Waals surface area contributed by atoms with Crippen LogP contribution in [-0.4, -0.2) is 41.8 Å². The van der Waals surface area contributed by atoms with Crippen LogP contribution in [0.25, 0.3) is 16.9 Å². The number of aromatic nitrogens is 3. The Morgan fingerprint density at radius 3 is 2.39 bits per heavy atom. The molecule has 8 nitrogen and oxygen atoms in total. The fraction of sp³-hybridized carbons (Fsp3) is 0.174. The van der Waals surface area contributed by atoms with E-state index in [1.54, 1.807) is 35.9 Å². The first-order chi connectivity index (χ1) is 15.0. The van der Waals surface area contributed by atoms with Gasteiger partial charge in [0.2, 0.25) is 5.88 Å². The number of fused-ring (bicyclic) bond motifs is 1. The van der Waals surface area contributed by atoms with Crippen LogP contribution in [0.4, 0.5) is 5.69 Å². The molecule has 31 heavy (non-hydrogen) atoms. The fourth-order valence-corrected chi connectivity index (χ4v) is 3.29. The summed E-state index contributed by atoms with van der Waals surface area (Å²) >= 11 is 0. The third-order valence-corrected chi connectivity index (χ3v) is 4.94. The van der Waals surface area contributed by atoms with Crippen LogP contribution in [0.5, 0.6) is 17.4 Å². The third-order valence-electron chi connectivity index (χ3n) is 4.94. The van der Waals surface area contributed by atoms with Gasteiger partial charge in [-0.2, -0.15) is 0 Å². The van der Waals surface area contributed by atoms with Crippen molar-refractivity contribution in [1.82, 2.24) is 14.6 Å². The van der Waals surface area contributed by atoms with Crippen LogP contribution in [0, 0.1) is 6.92 Å². The van der Waals surface area contributed by atoms with Gasteiger partial charge in [-0.05, 0) is 36.8 Å². The van der Waals surface area contributed by atoms with Gasteiger partial charge in [-0.1, -0.05) is 18.2 Å². The molecule has 2 heterocycles. The highest BCUT2D eigenvalue weighted by atomic mass is 16.5. The van der Waals surface area contributed by atoms with Crippen molar-refractivity contribution in [1.29, 1.82) is 0 Å². The summed E-state index contributed by atoms with van der Waals surface area (Å²) in [6.07, 6.45) is 1.82. The van der Waals surface area contributed by atoms with E-state index in [0.717, 1.165) is 16.8 Å². The number of amides is 1. The maximum atomic E-state index is 13.1. The van der Waals surface area contributed by atoms with E-state index in [4.69, 9.17) is 14.2 Å². The summed E-state index contributed by atoms with van der Waals surface area (Å²) in [6.45, 7) is 1.93.